The molecule has 0 spiro atoms. The molecule has 2 aromatic rings. The number of phenolic OH excluding ortho intramolecular Hbond substituents is 1. The molecule has 0 amide bonds. The fourth-order valence-corrected chi connectivity index (χ4v) is 4.45. The number of aromatic hydroxyl groups is 1. The summed E-state index contributed by atoms with van der Waals surface area (Å²) in [6, 6.07) is 8.36. The van der Waals surface area contributed by atoms with E-state index >= 15 is 0 Å². The minimum atomic E-state index is 0.138. The van der Waals surface area contributed by atoms with Crippen molar-refractivity contribution in [2.45, 2.75) is 38.8 Å². The highest BCUT2D eigenvalue weighted by molar-refractivity contribution is 6.31. The van der Waals surface area contributed by atoms with Crippen LogP contribution in [0.3, 0.4) is 0 Å². The van der Waals surface area contributed by atoms with Crippen LogP contribution in [0.2, 0.25) is 5.02 Å². The maximum atomic E-state index is 10.2. The predicted octanol–water partition coefficient (Wildman–Crippen LogP) is 3.39. The topological polar surface area (TPSA) is 61.3 Å². The highest BCUT2D eigenvalue weighted by Crippen LogP contribution is 2.35. The number of benzene rings is 1. The summed E-state index contributed by atoms with van der Waals surface area (Å²) < 4.78 is 0. The fourth-order valence-electron chi connectivity index (χ4n) is 4.19. The number of halogens is 1. The molecule has 2 fully saturated rings. The first-order chi connectivity index (χ1) is 12.0. The van der Waals surface area contributed by atoms with E-state index in [1.54, 1.807) is 6.07 Å². The maximum Gasteiger partial charge on any atom is 0.151 e. The molecular formula is C19H23ClN4O. The monoisotopic (exact) mass is 358 g/mol. The van der Waals surface area contributed by atoms with Gasteiger partial charge in [0.15, 0.2) is 5.82 Å². The van der Waals surface area contributed by atoms with Gasteiger partial charge in [-0.1, -0.05) is 18.5 Å². The molecule has 2 N–H and O–H groups in total. The van der Waals surface area contributed by atoms with Crippen LogP contribution in [0.1, 0.15) is 25.3 Å². The van der Waals surface area contributed by atoms with Crippen molar-refractivity contribution >= 4 is 17.4 Å². The molecule has 4 rings (SSSR count). The van der Waals surface area contributed by atoms with Gasteiger partial charge in [0, 0.05) is 29.2 Å². The van der Waals surface area contributed by atoms with Gasteiger partial charge in [-0.05, 0) is 62.1 Å². The van der Waals surface area contributed by atoms with Gasteiger partial charge >= 0.3 is 0 Å². The van der Waals surface area contributed by atoms with E-state index in [2.05, 4.69) is 27.3 Å². The Morgan fingerprint density at radius 3 is 2.84 bits per heavy atom. The number of hydrogen-bond acceptors (Lipinski definition) is 5. The highest BCUT2D eigenvalue weighted by atomic mass is 35.5. The lowest BCUT2D eigenvalue weighted by atomic mass is 9.92. The van der Waals surface area contributed by atoms with Crippen LogP contribution >= 0.6 is 11.6 Å². The molecule has 1 aromatic carbocycles. The lowest BCUT2D eigenvalue weighted by molar-refractivity contribution is 0.310. The molecule has 3 atom stereocenters. The van der Waals surface area contributed by atoms with Crippen molar-refractivity contribution < 1.29 is 5.11 Å². The molecule has 0 aliphatic carbocycles. The van der Waals surface area contributed by atoms with Gasteiger partial charge in [0.2, 0.25) is 0 Å². The van der Waals surface area contributed by atoms with Crippen LogP contribution in [0.4, 0.5) is 5.82 Å². The van der Waals surface area contributed by atoms with Crippen molar-refractivity contribution in [2.24, 2.45) is 5.92 Å². The molecule has 2 aliphatic heterocycles. The fraction of sp³-hybridized carbons (Fsp3) is 0.474. The molecule has 6 heteroatoms. The van der Waals surface area contributed by atoms with Crippen LogP contribution < -0.4 is 10.2 Å². The number of hydrogen-bond donors (Lipinski definition) is 2. The molecule has 132 valence electrons. The Labute approximate surface area is 153 Å². The zero-order valence-electron chi connectivity index (χ0n) is 14.5. The van der Waals surface area contributed by atoms with Gasteiger partial charge in [-0.2, -0.15) is 0 Å². The molecule has 3 heterocycles. The van der Waals surface area contributed by atoms with Crippen molar-refractivity contribution in [1.82, 2.24) is 15.5 Å². The summed E-state index contributed by atoms with van der Waals surface area (Å²) in [6.07, 6.45) is 2.34. The average molecular weight is 359 g/mol. The van der Waals surface area contributed by atoms with Gasteiger partial charge in [-0.25, -0.2) is 0 Å². The highest BCUT2D eigenvalue weighted by Gasteiger charge is 2.38. The number of nitrogens with one attached hydrogen (secondary N) is 1. The lowest BCUT2D eigenvalue weighted by Gasteiger charge is -2.35. The second-order valence-electron chi connectivity index (χ2n) is 7.30. The van der Waals surface area contributed by atoms with Crippen LogP contribution in [0.5, 0.6) is 5.75 Å². The van der Waals surface area contributed by atoms with Gasteiger partial charge in [-0.3, -0.25) is 0 Å². The summed E-state index contributed by atoms with van der Waals surface area (Å²) in [6.45, 7) is 6.32. The summed E-state index contributed by atoms with van der Waals surface area (Å²) in [5.74, 6) is 1.74. The normalized spacial score (nSPS) is 25.9. The number of nitrogens with zero attached hydrogens (tertiary/aromatic N) is 3. The Bertz CT molecular complexity index is 756. The van der Waals surface area contributed by atoms with Crippen molar-refractivity contribution in [3.63, 3.8) is 0 Å². The van der Waals surface area contributed by atoms with Crippen molar-refractivity contribution in [1.29, 1.82) is 0 Å². The molecule has 1 unspecified atom stereocenters. The SMILES string of the molecule is Cc1cc(Cl)cc(O)c1-c1ccc(N2CC[C@H]3NCC(C)C[C@@H]32)nn1. The third-order valence-corrected chi connectivity index (χ3v) is 5.62. The van der Waals surface area contributed by atoms with E-state index in [9.17, 15) is 5.11 Å². The van der Waals surface area contributed by atoms with E-state index in [4.69, 9.17) is 11.6 Å². The smallest absolute Gasteiger partial charge is 0.151 e. The van der Waals surface area contributed by atoms with Crippen LogP contribution in [-0.4, -0.2) is 40.5 Å². The summed E-state index contributed by atoms with van der Waals surface area (Å²) in [4.78, 5) is 2.37. The van der Waals surface area contributed by atoms with Gasteiger partial charge in [0.1, 0.15) is 5.75 Å². The Hall–Kier alpha value is -1.85. The first-order valence-corrected chi connectivity index (χ1v) is 9.24. The minimum Gasteiger partial charge on any atom is -0.507 e. The predicted molar refractivity (Wildman–Crippen MR) is 100 cm³/mol. The number of aryl methyl sites for hydroxylation is 1. The number of phenols is 1. The number of anilines is 1. The maximum absolute atomic E-state index is 10.2. The molecule has 0 bridgehead atoms. The molecule has 5 nitrogen and oxygen atoms in total. The van der Waals surface area contributed by atoms with Crippen LogP contribution in [0, 0.1) is 12.8 Å². The number of piperidine rings is 1. The second-order valence-corrected chi connectivity index (χ2v) is 7.74. The van der Waals surface area contributed by atoms with Gasteiger partial charge in [0.05, 0.1) is 5.69 Å². The molecule has 1 aromatic heterocycles. The third-order valence-electron chi connectivity index (χ3n) is 5.40. The van der Waals surface area contributed by atoms with E-state index in [1.165, 1.54) is 6.42 Å². The molecule has 0 saturated carbocycles. The van der Waals surface area contributed by atoms with Crippen LogP contribution in [0.15, 0.2) is 24.3 Å². The first kappa shape index (κ1) is 16.6. The third kappa shape index (κ3) is 3.07. The second kappa shape index (κ2) is 6.46. The molecule has 2 aliphatic rings. The van der Waals surface area contributed by atoms with Crippen LogP contribution in [-0.2, 0) is 0 Å². The van der Waals surface area contributed by atoms with E-state index < -0.39 is 0 Å². The number of fused-ring (bicyclic) bond motifs is 1. The Kier molecular flexibility index (Phi) is 4.29. The zero-order chi connectivity index (χ0) is 17.6. The molecular weight excluding hydrogens is 336 g/mol. The zero-order valence-corrected chi connectivity index (χ0v) is 15.3. The lowest BCUT2D eigenvalue weighted by Crippen LogP contribution is -2.50. The van der Waals surface area contributed by atoms with Gasteiger partial charge in [-0.15, -0.1) is 10.2 Å². The van der Waals surface area contributed by atoms with Gasteiger partial charge < -0.3 is 15.3 Å². The van der Waals surface area contributed by atoms with E-state index in [-0.39, 0.29) is 5.75 Å². The van der Waals surface area contributed by atoms with Crippen molar-refractivity contribution in [3.05, 3.63) is 34.9 Å². The quantitative estimate of drug-likeness (QED) is 0.861. The molecule has 25 heavy (non-hydrogen) atoms. The van der Waals surface area contributed by atoms with Crippen molar-refractivity contribution in [2.75, 3.05) is 18.0 Å². The Morgan fingerprint density at radius 2 is 2.12 bits per heavy atom. The van der Waals surface area contributed by atoms with E-state index in [0.717, 1.165) is 30.9 Å². The average Bonchev–Trinajstić information content (AvgIpc) is 2.97. The van der Waals surface area contributed by atoms with E-state index in [1.807, 2.05) is 25.1 Å². The summed E-state index contributed by atoms with van der Waals surface area (Å²) >= 11 is 5.99. The number of aromatic nitrogens is 2. The molecule has 2 saturated heterocycles. The van der Waals surface area contributed by atoms with Gasteiger partial charge in [0.25, 0.3) is 0 Å². The standard InChI is InChI=1S/C19H23ClN4O/c1-11-7-16-14(21-10-11)5-6-24(16)18-4-3-15(22-23-18)19-12(2)8-13(20)9-17(19)25/h3-4,8-9,11,14,16,21,25H,5-7,10H2,1-2H3/t11?,14-,16+/m1/s1. The van der Waals surface area contributed by atoms with E-state index in [0.29, 0.717) is 34.3 Å². The largest absolute Gasteiger partial charge is 0.507 e. The summed E-state index contributed by atoms with van der Waals surface area (Å²) in [5, 5.41) is 23.2. The minimum absolute atomic E-state index is 0.138. The Morgan fingerprint density at radius 1 is 1.28 bits per heavy atom. The Balaban J connectivity index is 1.61. The van der Waals surface area contributed by atoms with Crippen LogP contribution in [0.25, 0.3) is 11.3 Å². The number of rotatable bonds is 2. The molecule has 0 radical (unpaired) electrons. The summed E-state index contributed by atoms with van der Waals surface area (Å²) in [5.41, 5.74) is 2.25. The first-order valence-electron chi connectivity index (χ1n) is 8.86. The van der Waals surface area contributed by atoms with Crippen molar-refractivity contribution in [3.8, 4) is 17.0 Å². The summed E-state index contributed by atoms with van der Waals surface area (Å²) in [7, 11) is 0.